The highest BCUT2D eigenvalue weighted by Crippen LogP contribution is 2.37. The number of carbonyl (C=O) groups is 1. The zero-order valence-corrected chi connectivity index (χ0v) is 22.9. The van der Waals surface area contributed by atoms with E-state index in [9.17, 15) is 18.3 Å². The van der Waals surface area contributed by atoms with Crippen LogP contribution in [0.3, 0.4) is 0 Å². The molecule has 1 aromatic rings. The maximum Gasteiger partial charge on any atom is 0.288 e. The predicted octanol–water partition coefficient (Wildman–Crippen LogP) is 2.38. The van der Waals surface area contributed by atoms with Crippen LogP contribution in [-0.4, -0.2) is 94.6 Å². The molecule has 0 bridgehead atoms. The molecule has 4 rings (SSSR count). The van der Waals surface area contributed by atoms with E-state index in [4.69, 9.17) is 18.9 Å². The van der Waals surface area contributed by atoms with Crippen molar-refractivity contribution in [2.24, 2.45) is 11.8 Å². The molecule has 0 aromatic heterocycles. The lowest BCUT2D eigenvalue weighted by Gasteiger charge is -2.36. The average molecular weight is 553 g/mol. The van der Waals surface area contributed by atoms with Crippen molar-refractivity contribution in [1.29, 1.82) is 0 Å². The van der Waals surface area contributed by atoms with Crippen molar-refractivity contribution in [2.75, 3.05) is 59.7 Å². The average Bonchev–Trinajstić information content (AvgIpc) is 2.97. The molecule has 0 unspecified atom stereocenters. The number of allylic oxidation sites excluding steroid dienone is 1. The molecule has 2 aliphatic heterocycles. The number of morpholine rings is 1. The van der Waals surface area contributed by atoms with Crippen LogP contribution in [0.2, 0.25) is 0 Å². The number of methoxy groups -OCH3 is 1. The highest BCUT2D eigenvalue weighted by Gasteiger charge is 2.35. The van der Waals surface area contributed by atoms with E-state index in [1.54, 1.807) is 17.0 Å². The summed E-state index contributed by atoms with van der Waals surface area (Å²) >= 11 is 0. The van der Waals surface area contributed by atoms with Gasteiger partial charge >= 0.3 is 0 Å². The zero-order valence-electron chi connectivity index (χ0n) is 22.1. The summed E-state index contributed by atoms with van der Waals surface area (Å²) in [6.45, 7) is 1.80. The number of hydrogen-bond acceptors (Lipinski definition) is 8. The lowest BCUT2D eigenvalue weighted by atomic mass is 9.77. The molecule has 1 aliphatic carbocycles. The summed E-state index contributed by atoms with van der Waals surface area (Å²) in [5, 5.41) is 9.53. The van der Waals surface area contributed by atoms with E-state index in [1.807, 2.05) is 6.08 Å². The molecule has 1 saturated carbocycles. The number of hydrogen-bond donors (Lipinski definition) is 1. The van der Waals surface area contributed by atoms with Crippen molar-refractivity contribution < 1.29 is 37.3 Å². The van der Waals surface area contributed by atoms with Crippen LogP contribution in [0, 0.1) is 11.8 Å². The third-order valence-electron chi connectivity index (χ3n) is 7.54. The van der Waals surface area contributed by atoms with Gasteiger partial charge in [-0.1, -0.05) is 19.3 Å². The minimum atomic E-state index is -3.84. The van der Waals surface area contributed by atoms with Gasteiger partial charge in [-0.3, -0.25) is 4.79 Å². The van der Waals surface area contributed by atoms with Gasteiger partial charge in [-0.05, 0) is 55.0 Å². The molecule has 0 radical (unpaired) electrons. The Bertz CT molecular complexity index is 1030. The number of nitrogens with zero attached hydrogens (tertiary/aromatic N) is 2. The van der Waals surface area contributed by atoms with E-state index in [2.05, 4.69) is 0 Å². The molecule has 0 spiro atoms. The van der Waals surface area contributed by atoms with Gasteiger partial charge in [0.05, 0.1) is 38.4 Å². The molecule has 2 atom stereocenters. The van der Waals surface area contributed by atoms with Gasteiger partial charge in [0.15, 0.2) is 5.76 Å². The van der Waals surface area contributed by atoms with Gasteiger partial charge in [-0.2, -0.15) is 4.31 Å². The van der Waals surface area contributed by atoms with E-state index in [-0.39, 0.29) is 43.0 Å². The number of ether oxygens (including phenoxy) is 4. The minimum Gasteiger partial charge on any atom is -0.497 e. The summed E-state index contributed by atoms with van der Waals surface area (Å²) in [4.78, 5) is 15.1. The van der Waals surface area contributed by atoms with Crippen LogP contribution in [-0.2, 0) is 29.0 Å². The second-order valence-corrected chi connectivity index (χ2v) is 11.9. The zero-order chi connectivity index (χ0) is 27.0. The Balaban J connectivity index is 1.41. The lowest BCUT2D eigenvalue weighted by molar-refractivity contribution is -0.159. The van der Waals surface area contributed by atoms with E-state index >= 15 is 0 Å². The number of carbonyl (C=O) groups excluding carboxylic acids is 1. The summed E-state index contributed by atoms with van der Waals surface area (Å²) in [6.07, 6.45) is 7.82. The van der Waals surface area contributed by atoms with Crippen LogP contribution >= 0.6 is 0 Å². The van der Waals surface area contributed by atoms with Gasteiger partial charge in [-0.15, -0.1) is 0 Å². The molecule has 1 amide bonds. The van der Waals surface area contributed by atoms with Crippen LogP contribution < -0.4 is 4.74 Å². The lowest BCUT2D eigenvalue weighted by Crippen LogP contribution is -2.44. The number of sulfonamides is 1. The maximum atomic E-state index is 13.2. The number of aliphatic hydroxyl groups excluding tert-OH is 1. The molecule has 1 saturated heterocycles. The molecular weight excluding hydrogens is 512 g/mol. The summed E-state index contributed by atoms with van der Waals surface area (Å²) in [5.41, 5.74) is 0. The molecule has 212 valence electrons. The van der Waals surface area contributed by atoms with Crippen molar-refractivity contribution in [3.8, 4) is 5.75 Å². The van der Waals surface area contributed by atoms with E-state index < -0.39 is 16.3 Å². The fourth-order valence-corrected chi connectivity index (χ4v) is 6.81. The van der Waals surface area contributed by atoms with Crippen molar-refractivity contribution in [3.05, 3.63) is 36.1 Å². The normalized spacial score (nSPS) is 23.1. The molecule has 38 heavy (non-hydrogen) atoms. The Labute approximate surface area is 225 Å². The number of rotatable bonds is 11. The van der Waals surface area contributed by atoms with E-state index in [1.165, 1.54) is 42.8 Å². The molecule has 3 aliphatic rings. The SMILES string of the molecule is COc1ccc(S(=O)(=O)N(CCO)CCO[C@H]2C[C@@H](C3CCCCC3)C=C(C(=O)N3CCOCC3)O2)cc1. The van der Waals surface area contributed by atoms with Crippen LogP contribution in [0.1, 0.15) is 38.5 Å². The van der Waals surface area contributed by atoms with Gasteiger partial charge in [0.1, 0.15) is 5.75 Å². The molecule has 2 fully saturated rings. The standard InChI is InChI=1S/C27H40N2O8S/c1-34-23-7-9-24(10-8-23)38(32,33)29(11-15-30)14-18-36-26-20-22(21-5-3-2-4-6-21)19-25(37-26)27(31)28-12-16-35-17-13-28/h7-10,19,21-22,26,30H,2-6,11-18,20H2,1H3/t22-,26+/m0/s1. The first-order valence-electron chi connectivity index (χ1n) is 13.5. The van der Waals surface area contributed by atoms with Gasteiger partial charge in [-0.25, -0.2) is 8.42 Å². The Morgan fingerprint density at radius 3 is 2.47 bits per heavy atom. The van der Waals surface area contributed by atoms with Gasteiger partial charge in [0.2, 0.25) is 16.3 Å². The van der Waals surface area contributed by atoms with E-state index in [0.717, 1.165) is 12.8 Å². The largest absolute Gasteiger partial charge is 0.497 e. The summed E-state index contributed by atoms with van der Waals surface area (Å²) < 4.78 is 50.2. The monoisotopic (exact) mass is 552 g/mol. The molecule has 10 nitrogen and oxygen atoms in total. The highest BCUT2D eigenvalue weighted by atomic mass is 32.2. The van der Waals surface area contributed by atoms with Gasteiger partial charge in [0, 0.05) is 32.6 Å². The summed E-state index contributed by atoms with van der Waals surface area (Å²) in [6, 6.07) is 6.13. The van der Waals surface area contributed by atoms with Crippen molar-refractivity contribution in [2.45, 2.75) is 49.7 Å². The maximum absolute atomic E-state index is 13.2. The minimum absolute atomic E-state index is 0.0410. The van der Waals surface area contributed by atoms with Gasteiger partial charge in [0.25, 0.3) is 5.91 Å². The highest BCUT2D eigenvalue weighted by molar-refractivity contribution is 7.89. The van der Waals surface area contributed by atoms with Crippen molar-refractivity contribution in [3.63, 3.8) is 0 Å². The first-order chi connectivity index (χ1) is 18.4. The molecular formula is C27H40N2O8S. The second kappa shape index (κ2) is 13.7. The Morgan fingerprint density at radius 2 is 1.82 bits per heavy atom. The van der Waals surface area contributed by atoms with Gasteiger partial charge < -0.3 is 29.0 Å². The Morgan fingerprint density at radius 1 is 1.11 bits per heavy atom. The van der Waals surface area contributed by atoms with Crippen molar-refractivity contribution >= 4 is 15.9 Å². The first-order valence-corrected chi connectivity index (χ1v) is 15.0. The second-order valence-electron chi connectivity index (χ2n) is 9.95. The Kier molecular flexibility index (Phi) is 10.4. The topological polar surface area (TPSA) is 115 Å². The first kappa shape index (κ1) is 28.8. The number of aliphatic hydroxyl groups is 1. The fraction of sp³-hybridized carbons (Fsp3) is 0.667. The van der Waals surface area contributed by atoms with Crippen LogP contribution in [0.5, 0.6) is 5.75 Å². The van der Waals surface area contributed by atoms with Crippen molar-refractivity contribution in [1.82, 2.24) is 9.21 Å². The van der Waals surface area contributed by atoms with E-state index in [0.29, 0.717) is 50.2 Å². The third-order valence-corrected chi connectivity index (χ3v) is 9.46. The smallest absolute Gasteiger partial charge is 0.288 e. The summed E-state index contributed by atoms with van der Waals surface area (Å²) in [5.74, 6) is 1.37. The molecule has 11 heteroatoms. The van der Waals surface area contributed by atoms with Crippen LogP contribution in [0.25, 0.3) is 0 Å². The predicted molar refractivity (Wildman–Crippen MR) is 140 cm³/mol. The number of benzene rings is 1. The fourth-order valence-electron chi connectivity index (χ4n) is 5.40. The Hall–Kier alpha value is -2.18. The van der Waals surface area contributed by atoms with Crippen LogP contribution in [0.4, 0.5) is 0 Å². The quantitative estimate of drug-likeness (QED) is 0.445. The van der Waals surface area contributed by atoms with Crippen LogP contribution in [0.15, 0.2) is 41.0 Å². The third kappa shape index (κ3) is 7.26. The molecule has 2 heterocycles. The molecule has 1 aromatic carbocycles. The molecule has 1 N–H and O–H groups in total. The summed E-state index contributed by atoms with van der Waals surface area (Å²) in [7, 11) is -2.33. The number of amides is 1.